The lowest BCUT2D eigenvalue weighted by Gasteiger charge is -2.29. The van der Waals surface area contributed by atoms with Crippen molar-refractivity contribution in [2.24, 2.45) is 7.05 Å². The van der Waals surface area contributed by atoms with Crippen molar-refractivity contribution in [3.63, 3.8) is 0 Å². The molecule has 0 saturated heterocycles. The highest BCUT2D eigenvalue weighted by molar-refractivity contribution is 7.99. The summed E-state index contributed by atoms with van der Waals surface area (Å²) < 4.78 is 6.61. The number of carbonyl (C=O) groups excluding carboxylic acids is 2. The average molecular weight is 373 g/mol. The van der Waals surface area contributed by atoms with Gasteiger partial charge in [0.15, 0.2) is 5.16 Å². The van der Waals surface area contributed by atoms with Crippen molar-refractivity contribution >= 4 is 23.8 Å². The van der Waals surface area contributed by atoms with Crippen LogP contribution >= 0.6 is 11.8 Å². The molecule has 1 aliphatic rings. The van der Waals surface area contributed by atoms with E-state index in [9.17, 15) is 9.59 Å². The minimum Gasteiger partial charge on any atom is -0.466 e. The molecule has 9 heteroatoms. The lowest BCUT2D eigenvalue weighted by Crippen LogP contribution is -2.46. The lowest BCUT2D eigenvalue weighted by molar-refractivity contribution is -0.136. The van der Waals surface area contributed by atoms with Crippen molar-refractivity contribution < 1.29 is 14.3 Å². The number of urea groups is 1. The maximum absolute atomic E-state index is 12.5. The first kappa shape index (κ1) is 18.0. The highest BCUT2D eigenvalue weighted by Crippen LogP contribution is 2.31. The summed E-state index contributed by atoms with van der Waals surface area (Å²) in [5, 5.41) is 10.3. The number of rotatable bonds is 5. The molecule has 0 spiro atoms. The van der Waals surface area contributed by atoms with Crippen LogP contribution in [0.15, 0.2) is 47.0 Å². The SMILES string of the molecule is COC(=O)C1=C(CSc2ncnn2C)NC(=O)N[C@@H]1c1ccccc1C. The van der Waals surface area contributed by atoms with Gasteiger partial charge in [-0.25, -0.2) is 19.3 Å². The Labute approximate surface area is 155 Å². The molecule has 2 amide bonds. The quantitative estimate of drug-likeness (QED) is 0.611. The summed E-state index contributed by atoms with van der Waals surface area (Å²) in [4.78, 5) is 28.8. The molecule has 8 nitrogen and oxygen atoms in total. The maximum atomic E-state index is 12.5. The largest absolute Gasteiger partial charge is 0.466 e. The van der Waals surface area contributed by atoms with Crippen LogP contribution in [0.3, 0.4) is 0 Å². The van der Waals surface area contributed by atoms with Gasteiger partial charge in [0.05, 0.1) is 18.7 Å². The third kappa shape index (κ3) is 3.57. The van der Waals surface area contributed by atoms with E-state index in [0.717, 1.165) is 11.1 Å². The van der Waals surface area contributed by atoms with Crippen molar-refractivity contribution in [2.45, 2.75) is 18.1 Å². The summed E-state index contributed by atoms with van der Waals surface area (Å²) >= 11 is 1.38. The molecule has 0 fully saturated rings. The van der Waals surface area contributed by atoms with Crippen LogP contribution in [0.2, 0.25) is 0 Å². The Bertz CT molecular complexity index is 877. The number of aromatic nitrogens is 3. The normalized spacial score (nSPS) is 16.9. The van der Waals surface area contributed by atoms with Crippen LogP contribution in [-0.4, -0.2) is 39.6 Å². The van der Waals surface area contributed by atoms with Crippen LogP contribution in [0.25, 0.3) is 0 Å². The molecule has 3 rings (SSSR count). The molecule has 1 aromatic carbocycles. The second-order valence-electron chi connectivity index (χ2n) is 5.73. The van der Waals surface area contributed by atoms with E-state index < -0.39 is 12.0 Å². The number of hydrogen-bond donors (Lipinski definition) is 2. The van der Waals surface area contributed by atoms with E-state index in [-0.39, 0.29) is 6.03 Å². The van der Waals surface area contributed by atoms with E-state index >= 15 is 0 Å². The number of methoxy groups -OCH3 is 1. The number of benzene rings is 1. The van der Waals surface area contributed by atoms with Crippen LogP contribution in [-0.2, 0) is 16.6 Å². The number of carbonyl (C=O) groups is 2. The summed E-state index contributed by atoms with van der Waals surface area (Å²) in [6, 6.07) is 6.67. The van der Waals surface area contributed by atoms with Crippen LogP contribution in [0.1, 0.15) is 17.2 Å². The molecule has 0 bridgehead atoms. The van der Waals surface area contributed by atoms with Gasteiger partial charge in [-0.3, -0.25) is 0 Å². The smallest absolute Gasteiger partial charge is 0.338 e. The monoisotopic (exact) mass is 373 g/mol. The Morgan fingerprint density at radius 2 is 2.15 bits per heavy atom. The second-order valence-corrected chi connectivity index (χ2v) is 6.67. The van der Waals surface area contributed by atoms with Crippen LogP contribution in [0.5, 0.6) is 0 Å². The predicted octanol–water partition coefficient (Wildman–Crippen LogP) is 1.70. The van der Waals surface area contributed by atoms with E-state index in [2.05, 4.69) is 20.7 Å². The molecular weight excluding hydrogens is 354 g/mol. The molecule has 0 radical (unpaired) electrons. The first-order chi connectivity index (χ1) is 12.5. The molecule has 2 heterocycles. The van der Waals surface area contributed by atoms with E-state index in [1.807, 2.05) is 31.2 Å². The van der Waals surface area contributed by atoms with Gasteiger partial charge in [-0.1, -0.05) is 36.0 Å². The van der Waals surface area contributed by atoms with Crippen molar-refractivity contribution in [3.8, 4) is 0 Å². The Morgan fingerprint density at radius 1 is 1.38 bits per heavy atom. The zero-order valence-electron chi connectivity index (χ0n) is 14.6. The van der Waals surface area contributed by atoms with Gasteiger partial charge >= 0.3 is 12.0 Å². The Balaban J connectivity index is 2.00. The Morgan fingerprint density at radius 3 is 2.81 bits per heavy atom. The summed E-state index contributed by atoms with van der Waals surface area (Å²) in [6.45, 7) is 1.94. The van der Waals surface area contributed by atoms with Gasteiger partial charge < -0.3 is 15.4 Å². The number of amides is 2. The molecular formula is C17H19N5O3S. The van der Waals surface area contributed by atoms with Crippen LogP contribution in [0, 0.1) is 6.92 Å². The fourth-order valence-electron chi connectivity index (χ4n) is 2.78. The summed E-state index contributed by atoms with van der Waals surface area (Å²) in [7, 11) is 3.11. The fraction of sp³-hybridized carbons (Fsp3) is 0.294. The van der Waals surface area contributed by atoms with E-state index in [1.54, 1.807) is 11.7 Å². The molecule has 26 heavy (non-hydrogen) atoms. The summed E-state index contributed by atoms with van der Waals surface area (Å²) in [6.07, 6.45) is 1.45. The fourth-order valence-corrected chi connectivity index (χ4v) is 3.64. The van der Waals surface area contributed by atoms with Gasteiger partial charge in [0.2, 0.25) is 0 Å². The van der Waals surface area contributed by atoms with Crippen LogP contribution < -0.4 is 10.6 Å². The number of thioether (sulfide) groups is 1. The molecule has 136 valence electrons. The predicted molar refractivity (Wildman–Crippen MR) is 96.4 cm³/mol. The van der Waals surface area contributed by atoms with E-state index in [4.69, 9.17) is 4.74 Å². The lowest BCUT2D eigenvalue weighted by atomic mass is 9.92. The Kier molecular flexibility index (Phi) is 5.27. The van der Waals surface area contributed by atoms with Gasteiger partial charge in [0, 0.05) is 18.5 Å². The van der Waals surface area contributed by atoms with E-state index in [1.165, 1.54) is 25.2 Å². The topological polar surface area (TPSA) is 98.1 Å². The minimum absolute atomic E-state index is 0.354. The van der Waals surface area contributed by atoms with Gasteiger partial charge in [-0.15, -0.1) is 0 Å². The van der Waals surface area contributed by atoms with E-state index in [0.29, 0.717) is 22.2 Å². The third-order valence-corrected chi connectivity index (χ3v) is 5.13. The number of nitrogens with zero attached hydrogens (tertiary/aromatic N) is 3. The maximum Gasteiger partial charge on any atom is 0.338 e. The van der Waals surface area contributed by atoms with Crippen LogP contribution in [0.4, 0.5) is 4.79 Å². The van der Waals surface area contributed by atoms with Gasteiger partial charge in [0.25, 0.3) is 0 Å². The van der Waals surface area contributed by atoms with Crippen molar-refractivity contribution in [1.29, 1.82) is 0 Å². The van der Waals surface area contributed by atoms with Gasteiger partial charge in [-0.2, -0.15) is 5.10 Å². The van der Waals surface area contributed by atoms with Gasteiger partial charge in [0.1, 0.15) is 6.33 Å². The molecule has 0 saturated carbocycles. The standard InChI is InChI=1S/C17H19N5O3S/c1-10-6-4-5-7-11(10)14-13(15(23)25-3)12(20-16(24)21-14)8-26-17-18-9-19-22(17)2/h4-7,9,14H,8H2,1-3H3,(H2,20,21,24)/t14-/m1/s1. The van der Waals surface area contributed by atoms with Gasteiger partial charge in [-0.05, 0) is 18.1 Å². The zero-order valence-corrected chi connectivity index (χ0v) is 15.5. The summed E-state index contributed by atoms with van der Waals surface area (Å²) in [5.74, 6) is -0.133. The first-order valence-electron chi connectivity index (χ1n) is 7.92. The number of esters is 1. The molecule has 1 aromatic heterocycles. The number of hydrogen-bond acceptors (Lipinski definition) is 6. The van der Waals surface area contributed by atoms with Crippen molar-refractivity contribution in [2.75, 3.05) is 12.9 Å². The summed E-state index contributed by atoms with van der Waals surface area (Å²) in [5.41, 5.74) is 2.71. The number of aryl methyl sites for hydroxylation is 2. The highest BCUT2D eigenvalue weighted by Gasteiger charge is 2.34. The second kappa shape index (κ2) is 7.61. The Hall–Kier alpha value is -2.81. The third-order valence-electron chi connectivity index (χ3n) is 4.07. The number of nitrogens with one attached hydrogen (secondary N) is 2. The minimum atomic E-state index is -0.576. The van der Waals surface area contributed by atoms with Crippen molar-refractivity contribution in [1.82, 2.24) is 25.4 Å². The molecule has 1 aliphatic heterocycles. The zero-order chi connectivity index (χ0) is 18.7. The molecule has 2 N–H and O–H groups in total. The van der Waals surface area contributed by atoms with Crippen molar-refractivity contribution in [3.05, 3.63) is 53.0 Å². The molecule has 0 aliphatic carbocycles. The molecule has 2 aromatic rings. The molecule has 0 unspecified atom stereocenters. The average Bonchev–Trinajstić information content (AvgIpc) is 3.04. The number of ether oxygens (including phenoxy) is 1. The molecule has 1 atom stereocenters. The first-order valence-corrected chi connectivity index (χ1v) is 8.91. The highest BCUT2D eigenvalue weighted by atomic mass is 32.2.